The Morgan fingerprint density at radius 3 is 2.52 bits per heavy atom. The lowest BCUT2D eigenvalue weighted by atomic mass is 10.2. The number of anilines is 1. The molecule has 0 bridgehead atoms. The van der Waals surface area contributed by atoms with Crippen molar-refractivity contribution in [3.05, 3.63) is 64.7 Å². The molecular weight excluding hydrogens is 312 g/mol. The summed E-state index contributed by atoms with van der Waals surface area (Å²) in [4.78, 5) is 25.4. The number of nitrogens with one attached hydrogen (secondary N) is 1. The Balaban J connectivity index is 2.03. The van der Waals surface area contributed by atoms with Gasteiger partial charge in [0.2, 0.25) is 11.8 Å². The van der Waals surface area contributed by atoms with Crippen molar-refractivity contribution in [2.45, 2.75) is 20.4 Å². The van der Waals surface area contributed by atoms with Crippen molar-refractivity contribution in [2.24, 2.45) is 0 Å². The van der Waals surface area contributed by atoms with E-state index in [1.807, 2.05) is 49.4 Å². The Hall–Kier alpha value is -2.33. The van der Waals surface area contributed by atoms with Gasteiger partial charge in [-0.1, -0.05) is 41.9 Å². The van der Waals surface area contributed by atoms with Crippen LogP contribution in [0.25, 0.3) is 0 Å². The predicted octanol–water partition coefficient (Wildman–Crippen LogP) is 3.64. The highest BCUT2D eigenvalue weighted by atomic mass is 35.5. The third-order valence-corrected chi connectivity index (χ3v) is 3.77. The average molecular weight is 331 g/mol. The van der Waals surface area contributed by atoms with Gasteiger partial charge in [0, 0.05) is 24.2 Å². The standard InChI is InChI=1S/C18H19ClN2O2/c1-13-6-5-8-16(10-13)20-18(23)12-21(14(2)22)11-15-7-3-4-9-17(15)19/h3-10H,11-12H2,1-2H3,(H,20,23). The van der Waals surface area contributed by atoms with Gasteiger partial charge in [-0.15, -0.1) is 0 Å². The minimum absolute atomic E-state index is 0.0193. The molecular formula is C18H19ClN2O2. The molecule has 0 fully saturated rings. The second-order valence-corrected chi connectivity index (χ2v) is 5.79. The zero-order valence-electron chi connectivity index (χ0n) is 13.2. The van der Waals surface area contributed by atoms with Crippen LogP contribution in [-0.4, -0.2) is 23.3 Å². The van der Waals surface area contributed by atoms with Crippen molar-refractivity contribution in [2.75, 3.05) is 11.9 Å². The highest BCUT2D eigenvalue weighted by Gasteiger charge is 2.15. The lowest BCUT2D eigenvalue weighted by molar-refractivity contribution is -0.133. The first kappa shape index (κ1) is 17.0. The van der Waals surface area contributed by atoms with Crippen LogP contribution < -0.4 is 5.32 Å². The molecule has 0 radical (unpaired) electrons. The molecule has 0 saturated heterocycles. The molecule has 0 unspecified atom stereocenters. The van der Waals surface area contributed by atoms with Crippen molar-refractivity contribution in [1.82, 2.24) is 4.90 Å². The maximum absolute atomic E-state index is 12.2. The van der Waals surface area contributed by atoms with Gasteiger partial charge in [0.25, 0.3) is 0 Å². The SMILES string of the molecule is CC(=O)N(CC(=O)Nc1cccc(C)c1)Cc1ccccc1Cl. The molecule has 0 aliphatic heterocycles. The van der Waals surface area contributed by atoms with Crippen molar-refractivity contribution >= 4 is 29.1 Å². The minimum atomic E-state index is -0.238. The van der Waals surface area contributed by atoms with Gasteiger partial charge in [0.1, 0.15) is 6.54 Å². The molecule has 2 aromatic rings. The summed E-state index contributed by atoms with van der Waals surface area (Å²) < 4.78 is 0. The number of carbonyl (C=O) groups is 2. The number of carbonyl (C=O) groups excluding carboxylic acids is 2. The van der Waals surface area contributed by atoms with E-state index in [4.69, 9.17) is 11.6 Å². The Labute approximate surface area is 141 Å². The fourth-order valence-corrected chi connectivity index (χ4v) is 2.40. The lowest BCUT2D eigenvalue weighted by Gasteiger charge is -2.21. The molecule has 0 aliphatic rings. The Kier molecular flexibility index (Phi) is 5.77. The first-order chi connectivity index (χ1) is 11.0. The van der Waals surface area contributed by atoms with E-state index in [0.29, 0.717) is 11.6 Å². The molecule has 1 N–H and O–H groups in total. The van der Waals surface area contributed by atoms with E-state index in [9.17, 15) is 9.59 Å². The average Bonchev–Trinajstić information content (AvgIpc) is 2.48. The Morgan fingerprint density at radius 2 is 1.87 bits per heavy atom. The quantitative estimate of drug-likeness (QED) is 0.910. The van der Waals surface area contributed by atoms with E-state index in [0.717, 1.165) is 16.8 Å². The summed E-state index contributed by atoms with van der Waals surface area (Å²) in [6.07, 6.45) is 0. The summed E-state index contributed by atoms with van der Waals surface area (Å²) >= 11 is 6.12. The molecule has 2 amide bonds. The van der Waals surface area contributed by atoms with E-state index in [2.05, 4.69) is 5.32 Å². The van der Waals surface area contributed by atoms with Gasteiger partial charge in [0.15, 0.2) is 0 Å². The van der Waals surface area contributed by atoms with Crippen LogP contribution in [0.3, 0.4) is 0 Å². The summed E-state index contributed by atoms with van der Waals surface area (Å²) in [6.45, 7) is 3.68. The molecule has 0 saturated carbocycles. The van der Waals surface area contributed by atoms with Gasteiger partial charge >= 0.3 is 0 Å². The number of hydrogen-bond acceptors (Lipinski definition) is 2. The zero-order valence-corrected chi connectivity index (χ0v) is 13.9. The van der Waals surface area contributed by atoms with E-state index in [-0.39, 0.29) is 18.4 Å². The van der Waals surface area contributed by atoms with Gasteiger partial charge in [-0.25, -0.2) is 0 Å². The molecule has 23 heavy (non-hydrogen) atoms. The van der Waals surface area contributed by atoms with Crippen LogP contribution in [0.15, 0.2) is 48.5 Å². The van der Waals surface area contributed by atoms with Crippen LogP contribution in [-0.2, 0) is 16.1 Å². The van der Waals surface area contributed by atoms with Crippen LogP contribution in [0.5, 0.6) is 0 Å². The van der Waals surface area contributed by atoms with Gasteiger partial charge in [-0.3, -0.25) is 9.59 Å². The largest absolute Gasteiger partial charge is 0.329 e. The molecule has 4 nitrogen and oxygen atoms in total. The molecule has 120 valence electrons. The summed E-state index contributed by atoms with van der Waals surface area (Å²) in [5.74, 6) is -0.415. The maximum atomic E-state index is 12.2. The number of amides is 2. The molecule has 0 heterocycles. The van der Waals surface area contributed by atoms with Gasteiger partial charge in [-0.05, 0) is 36.2 Å². The predicted molar refractivity (Wildman–Crippen MR) is 92.4 cm³/mol. The molecule has 0 aliphatic carbocycles. The summed E-state index contributed by atoms with van der Waals surface area (Å²) in [7, 11) is 0. The number of benzene rings is 2. The number of nitrogens with zero attached hydrogens (tertiary/aromatic N) is 1. The number of halogens is 1. The third-order valence-electron chi connectivity index (χ3n) is 3.40. The number of aryl methyl sites for hydroxylation is 1. The number of rotatable bonds is 5. The molecule has 2 rings (SSSR count). The molecule has 5 heteroatoms. The molecule has 0 spiro atoms. The second kappa shape index (κ2) is 7.79. The highest BCUT2D eigenvalue weighted by Crippen LogP contribution is 2.17. The third kappa shape index (κ3) is 5.11. The lowest BCUT2D eigenvalue weighted by Crippen LogP contribution is -2.36. The van der Waals surface area contributed by atoms with Crippen LogP contribution in [0.4, 0.5) is 5.69 Å². The van der Waals surface area contributed by atoms with E-state index in [1.165, 1.54) is 11.8 Å². The Morgan fingerprint density at radius 1 is 1.13 bits per heavy atom. The molecule has 2 aromatic carbocycles. The van der Waals surface area contributed by atoms with Gasteiger partial charge < -0.3 is 10.2 Å². The normalized spacial score (nSPS) is 10.2. The van der Waals surface area contributed by atoms with E-state index in [1.54, 1.807) is 6.07 Å². The van der Waals surface area contributed by atoms with Gasteiger partial charge in [-0.2, -0.15) is 0 Å². The molecule has 0 aromatic heterocycles. The zero-order chi connectivity index (χ0) is 16.8. The summed E-state index contributed by atoms with van der Waals surface area (Å²) in [5.41, 5.74) is 2.59. The number of hydrogen-bond donors (Lipinski definition) is 1. The van der Waals surface area contributed by atoms with E-state index < -0.39 is 0 Å². The minimum Gasteiger partial charge on any atom is -0.329 e. The maximum Gasteiger partial charge on any atom is 0.244 e. The highest BCUT2D eigenvalue weighted by molar-refractivity contribution is 6.31. The second-order valence-electron chi connectivity index (χ2n) is 5.38. The topological polar surface area (TPSA) is 49.4 Å². The van der Waals surface area contributed by atoms with Crippen molar-refractivity contribution < 1.29 is 9.59 Å². The Bertz CT molecular complexity index is 716. The van der Waals surface area contributed by atoms with Crippen LogP contribution in [0.1, 0.15) is 18.1 Å². The van der Waals surface area contributed by atoms with Crippen molar-refractivity contribution in [3.63, 3.8) is 0 Å². The van der Waals surface area contributed by atoms with Gasteiger partial charge in [0.05, 0.1) is 0 Å². The molecule has 0 atom stereocenters. The fourth-order valence-electron chi connectivity index (χ4n) is 2.21. The first-order valence-electron chi connectivity index (χ1n) is 7.31. The monoisotopic (exact) mass is 330 g/mol. The van der Waals surface area contributed by atoms with Crippen molar-refractivity contribution in [3.8, 4) is 0 Å². The van der Waals surface area contributed by atoms with Crippen LogP contribution >= 0.6 is 11.6 Å². The first-order valence-corrected chi connectivity index (χ1v) is 7.69. The van der Waals surface area contributed by atoms with E-state index >= 15 is 0 Å². The van der Waals surface area contributed by atoms with Crippen LogP contribution in [0, 0.1) is 6.92 Å². The summed E-state index contributed by atoms with van der Waals surface area (Å²) in [6, 6.07) is 14.8. The smallest absolute Gasteiger partial charge is 0.244 e. The summed E-state index contributed by atoms with van der Waals surface area (Å²) in [5, 5.41) is 3.38. The van der Waals surface area contributed by atoms with Crippen LogP contribution in [0.2, 0.25) is 5.02 Å². The van der Waals surface area contributed by atoms with Crippen molar-refractivity contribution in [1.29, 1.82) is 0 Å². The fraction of sp³-hybridized carbons (Fsp3) is 0.222.